The molecule has 0 saturated heterocycles. The van der Waals surface area contributed by atoms with Crippen LogP contribution in [0.4, 0.5) is 4.39 Å². The Hall–Kier alpha value is -1.43. The molecule has 2 aromatic rings. The zero-order valence-electron chi connectivity index (χ0n) is 7.24. The van der Waals surface area contributed by atoms with Crippen LogP contribution in [0.2, 0.25) is 0 Å². The molecule has 0 aliphatic heterocycles. The molecule has 2 rings (SSSR count). The summed E-state index contributed by atoms with van der Waals surface area (Å²) in [6.07, 6.45) is 4.11. The summed E-state index contributed by atoms with van der Waals surface area (Å²) in [7, 11) is 0. The fraction of sp³-hybridized carbons (Fsp3) is 0.125. The highest BCUT2D eigenvalue weighted by Gasteiger charge is 2.07. The Balaban J connectivity index is 2.87. The predicted molar refractivity (Wildman–Crippen MR) is 51.9 cm³/mol. The highest BCUT2D eigenvalue weighted by molar-refractivity contribution is 7.98. The van der Waals surface area contributed by atoms with E-state index in [4.69, 9.17) is 0 Å². The lowest BCUT2D eigenvalue weighted by atomic mass is 10.3. The van der Waals surface area contributed by atoms with Crippen molar-refractivity contribution in [2.24, 2.45) is 0 Å². The Labute approximate surface area is 82.6 Å². The molecule has 2 heterocycles. The number of pyridine rings is 1. The average Bonchev–Trinajstić information content (AvgIpc) is 2.23. The van der Waals surface area contributed by atoms with Crippen molar-refractivity contribution in [2.45, 2.75) is 5.16 Å². The van der Waals surface area contributed by atoms with Crippen LogP contribution >= 0.6 is 11.8 Å². The van der Waals surface area contributed by atoms with Gasteiger partial charge < -0.3 is 4.98 Å². The standard InChI is InChI=1S/C8H6FN3OS/c1-14-8-11-2-4-5(9)3-10-7(13)6(4)12-8/h2-3H,1H3,(H,10,13). The molecule has 14 heavy (non-hydrogen) atoms. The Morgan fingerprint density at radius 2 is 2.36 bits per heavy atom. The van der Waals surface area contributed by atoms with Crippen molar-refractivity contribution in [3.63, 3.8) is 0 Å². The fourth-order valence-electron chi connectivity index (χ4n) is 1.09. The van der Waals surface area contributed by atoms with Gasteiger partial charge >= 0.3 is 0 Å². The molecule has 72 valence electrons. The molecule has 4 nitrogen and oxygen atoms in total. The molecule has 0 aliphatic rings. The molecule has 0 atom stereocenters. The molecule has 0 unspecified atom stereocenters. The average molecular weight is 211 g/mol. The zero-order valence-corrected chi connectivity index (χ0v) is 8.06. The van der Waals surface area contributed by atoms with Gasteiger partial charge in [0.1, 0.15) is 11.3 Å². The molecule has 2 aromatic heterocycles. The van der Waals surface area contributed by atoms with Crippen LogP contribution in [0.25, 0.3) is 10.9 Å². The Kier molecular flexibility index (Phi) is 2.20. The summed E-state index contributed by atoms with van der Waals surface area (Å²) in [6, 6.07) is 0. The smallest absolute Gasteiger partial charge is 0.274 e. The van der Waals surface area contributed by atoms with Gasteiger partial charge in [0, 0.05) is 12.4 Å². The van der Waals surface area contributed by atoms with Crippen LogP contribution in [0.5, 0.6) is 0 Å². The SMILES string of the molecule is CSc1ncc2c(F)c[nH]c(=O)c2n1. The summed E-state index contributed by atoms with van der Waals surface area (Å²) in [6.45, 7) is 0. The number of thioether (sulfide) groups is 1. The molecular formula is C8H6FN3OS. The van der Waals surface area contributed by atoms with Gasteiger partial charge in [0.05, 0.1) is 5.39 Å². The van der Waals surface area contributed by atoms with E-state index in [9.17, 15) is 9.18 Å². The Morgan fingerprint density at radius 1 is 1.57 bits per heavy atom. The first-order chi connectivity index (χ1) is 6.72. The maximum absolute atomic E-state index is 13.1. The van der Waals surface area contributed by atoms with Crippen LogP contribution < -0.4 is 5.56 Å². The molecule has 0 radical (unpaired) electrons. The maximum Gasteiger partial charge on any atom is 0.274 e. The minimum absolute atomic E-state index is 0.0874. The first-order valence-corrected chi connectivity index (χ1v) is 5.03. The molecular weight excluding hydrogens is 205 g/mol. The number of hydrogen-bond acceptors (Lipinski definition) is 4. The van der Waals surface area contributed by atoms with Crippen molar-refractivity contribution in [1.29, 1.82) is 0 Å². The lowest BCUT2D eigenvalue weighted by molar-refractivity contribution is 0.631. The number of aromatic nitrogens is 3. The largest absolute Gasteiger partial charge is 0.324 e. The summed E-state index contributed by atoms with van der Waals surface area (Å²) in [5, 5.41) is 0.597. The third-order valence-electron chi connectivity index (χ3n) is 1.75. The van der Waals surface area contributed by atoms with Gasteiger partial charge in [0.2, 0.25) is 0 Å². The lowest BCUT2D eigenvalue weighted by Crippen LogP contribution is -2.09. The highest BCUT2D eigenvalue weighted by Crippen LogP contribution is 2.13. The van der Waals surface area contributed by atoms with E-state index >= 15 is 0 Å². The third-order valence-corrected chi connectivity index (χ3v) is 2.31. The first kappa shape index (κ1) is 9.14. The molecule has 0 aromatic carbocycles. The monoisotopic (exact) mass is 211 g/mol. The number of fused-ring (bicyclic) bond motifs is 1. The highest BCUT2D eigenvalue weighted by atomic mass is 32.2. The summed E-state index contributed by atoms with van der Waals surface area (Å²) in [5.74, 6) is -0.521. The first-order valence-electron chi connectivity index (χ1n) is 3.80. The number of nitrogens with zero attached hydrogens (tertiary/aromatic N) is 2. The molecule has 6 heteroatoms. The van der Waals surface area contributed by atoms with Crippen molar-refractivity contribution < 1.29 is 4.39 Å². The molecule has 0 fully saturated rings. The topological polar surface area (TPSA) is 58.6 Å². The van der Waals surface area contributed by atoms with Crippen LogP contribution in [0.3, 0.4) is 0 Å². The van der Waals surface area contributed by atoms with Crippen molar-refractivity contribution in [1.82, 2.24) is 15.0 Å². The van der Waals surface area contributed by atoms with Crippen molar-refractivity contribution in [3.05, 3.63) is 28.6 Å². The minimum Gasteiger partial charge on any atom is -0.324 e. The van der Waals surface area contributed by atoms with Crippen LogP contribution in [-0.4, -0.2) is 21.2 Å². The normalized spacial score (nSPS) is 10.7. The van der Waals surface area contributed by atoms with Crippen molar-refractivity contribution in [2.75, 3.05) is 6.26 Å². The maximum atomic E-state index is 13.1. The number of aromatic amines is 1. The van der Waals surface area contributed by atoms with Gasteiger partial charge in [0.15, 0.2) is 5.16 Å². The van der Waals surface area contributed by atoms with E-state index in [1.165, 1.54) is 18.0 Å². The second kappa shape index (κ2) is 3.38. The summed E-state index contributed by atoms with van der Waals surface area (Å²) < 4.78 is 13.1. The van der Waals surface area contributed by atoms with Gasteiger partial charge in [-0.15, -0.1) is 0 Å². The number of halogens is 1. The number of hydrogen-bond donors (Lipinski definition) is 1. The van der Waals surface area contributed by atoms with E-state index in [0.29, 0.717) is 5.16 Å². The van der Waals surface area contributed by atoms with Crippen LogP contribution in [0.15, 0.2) is 22.3 Å². The van der Waals surface area contributed by atoms with Crippen molar-refractivity contribution in [3.8, 4) is 0 Å². The molecule has 0 aliphatic carbocycles. The van der Waals surface area contributed by atoms with Crippen LogP contribution in [0.1, 0.15) is 0 Å². The van der Waals surface area contributed by atoms with Crippen LogP contribution in [-0.2, 0) is 0 Å². The Bertz CT molecular complexity index is 540. The zero-order chi connectivity index (χ0) is 10.1. The van der Waals surface area contributed by atoms with Crippen LogP contribution in [0, 0.1) is 5.82 Å². The van der Waals surface area contributed by atoms with Crippen molar-refractivity contribution >= 4 is 22.7 Å². The third kappa shape index (κ3) is 1.37. The molecule has 1 N–H and O–H groups in total. The van der Waals surface area contributed by atoms with Gasteiger partial charge in [-0.3, -0.25) is 4.79 Å². The summed E-state index contributed by atoms with van der Waals surface area (Å²) in [5.41, 5.74) is -0.316. The predicted octanol–water partition coefficient (Wildman–Crippen LogP) is 1.18. The van der Waals surface area contributed by atoms with E-state index in [0.717, 1.165) is 6.20 Å². The molecule has 0 amide bonds. The second-order valence-electron chi connectivity index (χ2n) is 2.58. The number of rotatable bonds is 1. The molecule has 0 bridgehead atoms. The summed E-state index contributed by atoms with van der Waals surface area (Å²) in [4.78, 5) is 21.3. The summed E-state index contributed by atoms with van der Waals surface area (Å²) >= 11 is 1.30. The fourth-order valence-corrected chi connectivity index (χ4v) is 1.43. The Morgan fingerprint density at radius 3 is 3.07 bits per heavy atom. The van der Waals surface area contributed by atoms with Gasteiger partial charge in [-0.2, -0.15) is 0 Å². The van der Waals surface area contributed by atoms with Gasteiger partial charge in [-0.1, -0.05) is 11.8 Å². The van der Waals surface area contributed by atoms with E-state index in [1.54, 1.807) is 6.26 Å². The van der Waals surface area contributed by atoms with E-state index in [1.807, 2.05) is 0 Å². The number of nitrogens with one attached hydrogen (secondary N) is 1. The molecule has 0 spiro atoms. The van der Waals surface area contributed by atoms with E-state index in [-0.39, 0.29) is 10.9 Å². The quantitative estimate of drug-likeness (QED) is 0.568. The van der Waals surface area contributed by atoms with Gasteiger partial charge in [-0.25, -0.2) is 14.4 Å². The molecule has 0 saturated carbocycles. The number of H-pyrrole nitrogens is 1. The van der Waals surface area contributed by atoms with E-state index < -0.39 is 11.4 Å². The van der Waals surface area contributed by atoms with Gasteiger partial charge in [0.25, 0.3) is 5.56 Å². The lowest BCUT2D eigenvalue weighted by Gasteiger charge is -1.98. The minimum atomic E-state index is -0.521. The van der Waals surface area contributed by atoms with E-state index in [2.05, 4.69) is 15.0 Å². The second-order valence-corrected chi connectivity index (χ2v) is 3.36. The van der Waals surface area contributed by atoms with Gasteiger partial charge in [-0.05, 0) is 6.26 Å².